The van der Waals surface area contributed by atoms with E-state index in [0.29, 0.717) is 34.0 Å². The summed E-state index contributed by atoms with van der Waals surface area (Å²) >= 11 is 0.301. The molecular formula is C18H16F2N4O2S. The van der Waals surface area contributed by atoms with Crippen molar-refractivity contribution in [2.45, 2.75) is 17.5 Å². The van der Waals surface area contributed by atoms with Crippen molar-refractivity contribution in [2.75, 3.05) is 12.4 Å². The molecule has 0 bridgehead atoms. The van der Waals surface area contributed by atoms with Gasteiger partial charge in [0, 0.05) is 18.3 Å². The van der Waals surface area contributed by atoms with E-state index in [4.69, 9.17) is 0 Å². The van der Waals surface area contributed by atoms with Crippen molar-refractivity contribution in [1.29, 1.82) is 0 Å². The lowest BCUT2D eigenvalue weighted by atomic mass is 10.2. The average molecular weight is 390 g/mol. The number of hydrogen-bond acceptors (Lipinski definition) is 4. The molecule has 3 rings (SSSR count). The Morgan fingerprint density at radius 3 is 2.52 bits per heavy atom. The fraction of sp³-hybridized carbons (Fsp3) is 0.167. The maximum atomic E-state index is 12.8. The first-order valence-electron chi connectivity index (χ1n) is 8.00. The lowest BCUT2D eigenvalue weighted by Crippen LogP contribution is -2.20. The molecule has 6 nitrogen and oxygen atoms in total. The molecule has 1 aromatic heterocycles. The molecule has 0 fully saturated rings. The smallest absolute Gasteiger partial charge is 0.291 e. The van der Waals surface area contributed by atoms with Crippen LogP contribution in [0.3, 0.4) is 0 Å². The molecule has 27 heavy (non-hydrogen) atoms. The van der Waals surface area contributed by atoms with Gasteiger partial charge in [0.05, 0.1) is 11.0 Å². The zero-order chi connectivity index (χ0) is 19.4. The predicted molar refractivity (Wildman–Crippen MR) is 100 cm³/mol. The first-order valence-corrected chi connectivity index (χ1v) is 8.88. The molecule has 0 atom stereocenters. The summed E-state index contributed by atoms with van der Waals surface area (Å²) in [6, 6.07) is 13.3. The lowest BCUT2D eigenvalue weighted by molar-refractivity contribution is -0.116. The summed E-state index contributed by atoms with van der Waals surface area (Å²) in [6.07, 6.45) is 0. The van der Waals surface area contributed by atoms with E-state index >= 15 is 0 Å². The minimum Gasteiger partial charge on any atom is -0.355 e. The summed E-state index contributed by atoms with van der Waals surface area (Å²) in [5.41, 5.74) is 2.11. The summed E-state index contributed by atoms with van der Waals surface area (Å²) in [4.78, 5) is 28.1. The molecule has 0 unspecified atom stereocenters. The fourth-order valence-electron chi connectivity index (χ4n) is 2.57. The second kappa shape index (κ2) is 8.17. The number of nitrogens with zero attached hydrogens (tertiary/aromatic N) is 2. The van der Waals surface area contributed by atoms with Gasteiger partial charge in [0.1, 0.15) is 6.54 Å². The number of thioether (sulfide) groups is 1. The highest BCUT2D eigenvalue weighted by molar-refractivity contribution is 7.99. The predicted octanol–water partition coefficient (Wildman–Crippen LogP) is 3.35. The Kier molecular flexibility index (Phi) is 5.70. The van der Waals surface area contributed by atoms with Crippen LogP contribution in [0, 0.1) is 0 Å². The highest BCUT2D eigenvalue weighted by atomic mass is 32.2. The Labute approximate surface area is 158 Å². The summed E-state index contributed by atoms with van der Waals surface area (Å²) in [7, 11) is 1.53. The summed E-state index contributed by atoms with van der Waals surface area (Å²) in [6.45, 7) is -0.160. The molecule has 2 amide bonds. The number of fused-ring (bicyclic) bond motifs is 1. The molecule has 0 aliphatic carbocycles. The van der Waals surface area contributed by atoms with Gasteiger partial charge in [-0.3, -0.25) is 9.59 Å². The second-order valence-corrected chi connectivity index (χ2v) is 6.51. The van der Waals surface area contributed by atoms with E-state index in [-0.39, 0.29) is 23.5 Å². The van der Waals surface area contributed by atoms with Crippen molar-refractivity contribution >= 4 is 40.3 Å². The number of aromatic nitrogens is 2. The minimum atomic E-state index is -2.64. The highest BCUT2D eigenvalue weighted by Crippen LogP contribution is 2.28. The topological polar surface area (TPSA) is 76.0 Å². The molecule has 0 saturated heterocycles. The third kappa shape index (κ3) is 4.43. The minimum absolute atomic E-state index is 0.0799. The Morgan fingerprint density at radius 2 is 1.85 bits per heavy atom. The number of amides is 2. The maximum absolute atomic E-state index is 12.8. The maximum Gasteiger partial charge on any atom is 0.291 e. The summed E-state index contributed by atoms with van der Waals surface area (Å²) < 4.78 is 27.1. The van der Waals surface area contributed by atoms with Gasteiger partial charge in [0.25, 0.3) is 11.7 Å². The zero-order valence-electron chi connectivity index (χ0n) is 14.3. The Morgan fingerprint density at radius 1 is 1.15 bits per heavy atom. The number of carbonyl (C=O) groups is 2. The Hall–Kier alpha value is -2.94. The van der Waals surface area contributed by atoms with Gasteiger partial charge in [-0.2, -0.15) is 8.78 Å². The zero-order valence-corrected chi connectivity index (χ0v) is 15.1. The molecule has 1 heterocycles. The van der Waals surface area contributed by atoms with Crippen LogP contribution in [-0.4, -0.2) is 34.2 Å². The van der Waals surface area contributed by atoms with Crippen molar-refractivity contribution in [3.05, 3.63) is 54.1 Å². The molecule has 9 heteroatoms. The van der Waals surface area contributed by atoms with Gasteiger partial charge in [-0.15, -0.1) is 0 Å². The lowest BCUT2D eigenvalue weighted by Gasteiger charge is -2.10. The number of benzene rings is 2. The third-order valence-electron chi connectivity index (χ3n) is 3.77. The third-order valence-corrected chi connectivity index (χ3v) is 4.47. The van der Waals surface area contributed by atoms with Crippen LogP contribution in [0.5, 0.6) is 0 Å². The number of halogens is 2. The molecule has 0 radical (unpaired) electrons. The highest BCUT2D eigenvalue weighted by Gasteiger charge is 2.17. The molecule has 140 valence electrons. The number of nitrogens with one attached hydrogen (secondary N) is 2. The number of para-hydroxylation sites is 2. The van der Waals surface area contributed by atoms with Gasteiger partial charge >= 0.3 is 0 Å². The molecule has 2 aromatic carbocycles. The molecular weight excluding hydrogens is 374 g/mol. The molecule has 0 spiro atoms. The number of anilines is 1. The van der Waals surface area contributed by atoms with Gasteiger partial charge in [0.15, 0.2) is 5.16 Å². The largest absolute Gasteiger partial charge is 0.355 e. The fourth-order valence-corrected chi connectivity index (χ4v) is 3.17. The van der Waals surface area contributed by atoms with Crippen molar-refractivity contribution in [2.24, 2.45) is 0 Å². The van der Waals surface area contributed by atoms with Crippen LogP contribution in [0.4, 0.5) is 14.5 Å². The van der Waals surface area contributed by atoms with E-state index in [1.807, 2.05) is 0 Å². The van der Waals surface area contributed by atoms with Crippen LogP contribution < -0.4 is 10.6 Å². The van der Waals surface area contributed by atoms with Crippen molar-refractivity contribution in [3.8, 4) is 0 Å². The number of imidazole rings is 1. The monoisotopic (exact) mass is 390 g/mol. The standard InChI is InChI=1S/C18H16F2N4O2S/c1-21-16(26)11-6-8-12(9-7-11)22-15(25)10-24-14-5-3-2-4-13(14)23-18(24)27-17(19)20/h2-9,17H,10H2,1H3,(H,21,26)(H,22,25). The van der Waals surface area contributed by atoms with E-state index in [2.05, 4.69) is 15.6 Å². The molecule has 0 aliphatic heterocycles. The van der Waals surface area contributed by atoms with Crippen molar-refractivity contribution in [1.82, 2.24) is 14.9 Å². The van der Waals surface area contributed by atoms with Crippen LogP contribution in [-0.2, 0) is 11.3 Å². The second-order valence-electron chi connectivity index (χ2n) is 5.55. The van der Waals surface area contributed by atoms with Crippen LogP contribution >= 0.6 is 11.8 Å². The first kappa shape index (κ1) is 18.8. The van der Waals surface area contributed by atoms with Gasteiger partial charge in [-0.1, -0.05) is 12.1 Å². The molecule has 2 N–H and O–H groups in total. The summed E-state index contributed by atoms with van der Waals surface area (Å²) in [5, 5.41) is 5.28. The summed E-state index contributed by atoms with van der Waals surface area (Å²) in [5.74, 6) is -3.26. The van der Waals surface area contributed by atoms with E-state index in [0.717, 1.165) is 0 Å². The number of rotatable bonds is 6. The molecule has 3 aromatic rings. The molecule has 0 aliphatic rings. The van der Waals surface area contributed by atoms with E-state index in [9.17, 15) is 18.4 Å². The van der Waals surface area contributed by atoms with E-state index in [1.54, 1.807) is 48.5 Å². The van der Waals surface area contributed by atoms with E-state index in [1.165, 1.54) is 11.6 Å². The number of hydrogen-bond donors (Lipinski definition) is 2. The van der Waals surface area contributed by atoms with Gasteiger partial charge < -0.3 is 15.2 Å². The Bertz CT molecular complexity index is 973. The quantitative estimate of drug-likeness (QED) is 0.633. The van der Waals surface area contributed by atoms with Crippen molar-refractivity contribution in [3.63, 3.8) is 0 Å². The van der Waals surface area contributed by atoms with Crippen molar-refractivity contribution < 1.29 is 18.4 Å². The van der Waals surface area contributed by atoms with Crippen LogP contribution in [0.25, 0.3) is 11.0 Å². The van der Waals surface area contributed by atoms with Crippen LogP contribution in [0.1, 0.15) is 10.4 Å². The van der Waals surface area contributed by atoms with Gasteiger partial charge in [-0.05, 0) is 48.2 Å². The van der Waals surface area contributed by atoms with Gasteiger partial charge in [-0.25, -0.2) is 4.98 Å². The number of alkyl halides is 2. The Balaban J connectivity index is 1.78. The average Bonchev–Trinajstić information content (AvgIpc) is 2.98. The molecule has 0 saturated carbocycles. The SMILES string of the molecule is CNC(=O)c1ccc(NC(=O)Cn2c(SC(F)F)nc3ccccc32)cc1. The number of carbonyl (C=O) groups excluding carboxylic acids is 2. The normalized spacial score (nSPS) is 11.0. The van der Waals surface area contributed by atoms with E-state index < -0.39 is 5.76 Å². The van der Waals surface area contributed by atoms with Crippen LogP contribution in [0.2, 0.25) is 0 Å². The van der Waals surface area contributed by atoms with Gasteiger partial charge in [0.2, 0.25) is 5.91 Å². The van der Waals surface area contributed by atoms with Crippen LogP contribution in [0.15, 0.2) is 53.7 Å². The first-order chi connectivity index (χ1) is 13.0.